The first-order chi connectivity index (χ1) is 13.4. The molecule has 2 aliphatic heterocycles. The molecule has 7 nitrogen and oxygen atoms in total. The van der Waals surface area contributed by atoms with Crippen LogP contribution in [0.2, 0.25) is 0 Å². The maximum Gasteiger partial charge on any atom is 0.244 e. The van der Waals surface area contributed by atoms with Gasteiger partial charge in [0, 0.05) is 37.3 Å². The minimum atomic E-state index is -3.57. The van der Waals surface area contributed by atoms with E-state index in [1.165, 1.54) is 6.20 Å². The van der Waals surface area contributed by atoms with Crippen LogP contribution in [0.1, 0.15) is 26.2 Å². The summed E-state index contributed by atoms with van der Waals surface area (Å²) in [5, 5.41) is 13.6. The summed E-state index contributed by atoms with van der Waals surface area (Å²) in [4.78, 5) is 4.54. The van der Waals surface area contributed by atoms with Crippen molar-refractivity contribution < 1.29 is 18.3 Å². The standard InChI is InChI=1S/C20H27N3O4S/c1-15(24)12-21-17-11-20(27-14-17)6-8-23(9-7-20)28(25,26)18-10-16-4-2-3-5-19(16)22-13-18/h2-5,10,13,15,17,21,24H,6-9,11-12,14H2,1H3/t15?,17-/m1/s1. The molecule has 2 aromatic rings. The van der Waals surface area contributed by atoms with Gasteiger partial charge in [-0.05, 0) is 38.3 Å². The van der Waals surface area contributed by atoms with Crippen LogP contribution >= 0.6 is 0 Å². The number of sulfonamides is 1. The topological polar surface area (TPSA) is 91.8 Å². The molecule has 1 aromatic heterocycles. The van der Waals surface area contributed by atoms with Gasteiger partial charge in [0.2, 0.25) is 10.0 Å². The summed E-state index contributed by atoms with van der Waals surface area (Å²) in [6, 6.07) is 9.42. The quantitative estimate of drug-likeness (QED) is 0.784. The summed E-state index contributed by atoms with van der Waals surface area (Å²) in [7, 11) is -3.57. The smallest absolute Gasteiger partial charge is 0.244 e. The van der Waals surface area contributed by atoms with Gasteiger partial charge in [0.25, 0.3) is 0 Å². The highest BCUT2D eigenvalue weighted by atomic mass is 32.2. The highest BCUT2D eigenvalue weighted by Crippen LogP contribution is 2.37. The summed E-state index contributed by atoms with van der Waals surface area (Å²) >= 11 is 0. The van der Waals surface area contributed by atoms with Crippen LogP contribution in [0.25, 0.3) is 10.9 Å². The van der Waals surface area contributed by atoms with Crippen molar-refractivity contribution in [1.29, 1.82) is 0 Å². The van der Waals surface area contributed by atoms with Crippen LogP contribution in [0.4, 0.5) is 0 Å². The minimum Gasteiger partial charge on any atom is -0.392 e. The first-order valence-corrected chi connectivity index (χ1v) is 11.2. The molecule has 152 valence electrons. The number of ether oxygens (including phenoxy) is 1. The van der Waals surface area contributed by atoms with Crippen molar-refractivity contribution in [3.05, 3.63) is 36.5 Å². The van der Waals surface area contributed by atoms with E-state index in [2.05, 4.69) is 10.3 Å². The zero-order valence-corrected chi connectivity index (χ0v) is 16.9. The SMILES string of the molecule is CC(O)CN[C@H]1COC2(CCN(S(=O)(=O)c3cnc4ccccc4c3)CC2)C1. The van der Waals surface area contributed by atoms with E-state index < -0.39 is 10.0 Å². The molecule has 4 rings (SSSR count). The predicted molar refractivity (Wildman–Crippen MR) is 107 cm³/mol. The Morgan fingerprint density at radius 2 is 2.11 bits per heavy atom. The molecular weight excluding hydrogens is 378 g/mol. The molecule has 3 heterocycles. The Bertz CT molecular complexity index is 939. The van der Waals surface area contributed by atoms with E-state index in [-0.39, 0.29) is 22.6 Å². The van der Waals surface area contributed by atoms with Gasteiger partial charge >= 0.3 is 0 Å². The maximum absolute atomic E-state index is 13.1. The van der Waals surface area contributed by atoms with E-state index in [4.69, 9.17) is 4.74 Å². The Balaban J connectivity index is 1.42. The zero-order valence-electron chi connectivity index (χ0n) is 16.0. The van der Waals surface area contributed by atoms with Crippen molar-refractivity contribution in [2.24, 2.45) is 0 Å². The molecule has 2 aliphatic rings. The van der Waals surface area contributed by atoms with E-state index >= 15 is 0 Å². The number of hydrogen-bond acceptors (Lipinski definition) is 6. The van der Waals surface area contributed by atoms with Crippen LogP contribution in [0.15, 0.2) is 41.4 Å². The van der Waals surface area contributed by atoms with E-state index in [1.807, 2.05) is 24.3 Å². The highest BCUT2D eigenvalue weighted by Gasteiger charge is 2.44. The zero-order chi connectivity index (χ0) is 19.8. The lowest BCUT2D eigenvalue weighted by molar-refractivity contribution is -0.0312. The lowest BCUT2D eigenvalue weighted by atomic mass is 9.88. The predicted octanol–water partition coefficient (Wildman–Crippen LogP) is 1.52. The number of fused-ring (bicyclic) bond motifs is 1. The average Bonchev–Trinajstić information content (AvgIpc) is 3.09. The summed E-state index contributed by atoms with van der Waals surface area (Å²) in [5.41, 5.74) is 0.526. The number of piperidine rings is 1. The van der Waals surface area contributed by atoms with Crippen LogP contribution in [0.3, 0.4) is 0 Å². The fourth-order valence-electron chi connectivity index (χ4n) is 4.14. The molecule has 0 radical (unpaired) electrons. The lowest BCUT2D eigenvalue weighted by Gasteiger charge is -2.38. The van der Waals surface area contributed by atoms with E-state index in [9.17, 15) is 13.5 Å². The summed E-state index contributed by atoms with van der Waals surface area (Å²) in [6.45, 7) is 3.79. The molecule has 2 saturated heterocycles. The van der Waals surface area contributed by atoms with Crippen molar-refractivity contribution in [3.63, 3.8) is 0 Å². The fourth-order valence-corrected chi connectivity index (χ4v) is 5.56. The Morgan fingerprint density at radius 1 is 1.36 bits per heavy atom. The number of para-hydroxylation sites is 1. The first kappa shape index (κ1) is 19.7. The van der Waals surface area contributed by atoms with Crippen molar-refractivity contribution in [3.8, 4) is 0 Å². The van der Waals surface area contributed by atoms with Crippen LogP contribution in [0.5, 0.6) is 0 Å². The van der Waals surface area contributed by atoms with Crippen molar-refractivity contribution in [1.82, 2.24) is 14.6 Å². The molecule has 2 N–H and O–H groups in total. The molecule has 28 heavy (non-hydrogen) atoms. The maximum atomic E-state index is 13.1. The van der Waals surface area contributed by atoms with Gasteiger partial charge in [-0.1, -0.05) is 18.2 Å². The average molecular weight is 406 g/mol. The normalized spacial score (nSPS) is 24.0. The molecular formula is C20H27N3O4S. The van der Waals surface area contributed by atoms with Crippen molar-refractivity contribution >= 4 is 20.9 Å². The van der Waals surface area contributed by atoms with Crippen LogP contribution < -0.4 is 5.32 Å². The van der Waals surface area contributed by atoms with E-state index in [0.717, 1.165) is 17.3 Å². The van der Waals surface area contributed by atoms with E-state index in [1.54, 1.807) is 17.3 Å². The van der Waals surface area contributed by atoms with Gasteiger partial charge in [-0.3, -0.25) is 4.98 Å². The number of pyridine rings is 1. The van der Waals surface area contributed by atoms with Gasteiger partial charge < -0.3 is 15.2 Å². The first-order valence-electron chi connectivity index (χ1n) is 9.78. The van der Waals surface area contributed by atoms with Crippen molar-refractivity contribution in [2.45, 2.75) is 48.8 Å². The number of hydrogen-bond donors (Lipinski definition) is 2. The molecule has 0 bridgehead atoms. The van der Waals surface area contributed by atoms with Gasteiger partial charge in [0.1, 0.15) is 4.90 Å². The highest BCUT2D eigenvalue weighted by molar-refractivity contribution is 7.89. The molecule has 0 amide bonds. The third-order valence-corrected chi connectivity index (χ3v) is 7.61. The van der Waals surface area contributed by atoms with Gasteiger partial charge in [0.15, 0.2) is 0 Å². The number of nitrogens with one attached hydrogen (secondary N) is 1. The molecule has 1 unspecified atom stereocenters. The Labute approximate surface area is 165 Å². The molecule has 0 aliphatic carbocycles. The fraction of sp³-hybridized carbons (Fsp3) is 0.550. The largest absolute Gasteiger partial charge is 0.392 e. The number of nitrogens with zero attached hydrogens (tertiary/aromatic N) is 2. The third kappa shape index (κ3) is 3.92. The minimum absolute atomic E-state index is 0.211. The van der Waals surface area contributed by atoms with Crippen LogP contribution in [-0.2, 0) is 14.8 Å². The molecule has 1 spiro atoms. The van der Waals surface area contributed by atoms with Crippen molar-refractivity contribution in [2.75, 3.05) is 26.2 Å². The van der Waals surface area contributed by atoms with Gasteiger partial charge in [-0.2, -0.15) is 4.31 Å². The second-order valence-electron chi connectivity index (χ2n) is 7.92. The second kappa shape index (κ2) is 7.68. The number of rotatable bonds is 5. The van der Waals surface area contributed by atoms with Crippen LogP contribution in [0, 0.1) is 0 Å². The van der Waals surface area contributed by atoms with E-state index in [0.29, 0.717) is 39.1 Å². The number of benzene rings is 1. The third-order valence-electron chi connectivity index (χ3n) is 5.75. The Morgan fingerprint density at radius 3 is 2.86 bits per heavy atom. The Kier molecular flexibility index (Phi) is 5.41. The summed E-state index contributed by atoms with van der Waals surface area (Å²) in [6.07, 6.45) is 3.27. The molecule has 0 saturated carbocycles. The number of aliphatic hydroxyl groups excluding tert-OH is 1. The lowest BCUT2D eigenvalue weighted by Crippen LogP contribution is -2.47. The molecule has 1 aromatic carbocycles. The number of aliphatic hydroxyl groups is 1. The monoisotopic (exact) mass is 405 g/mol. The Hall–Kier alpha value is -1.58. The van der Waals surface area contributed by atoms with Gasteiger partial charge in [-0.25, -0.2) is 8.42 Å². The van der Waals surface area contributed by atoms with Gasteiger partial charge in [0.05, 0.1) is 23.8 Å². The molecule has 2 atom stereocenters. The number of aromatic nitrogens is 1. The summed E-state index contributed by atoms with van der Waals surface area (Å²) < 4.78 is 33.8. The molecule has 2 fully saturated rings. The second-order valence-corrected chi connectivity index (χ2v) is 9.86. The van der Waals surface area contributed by atoms with Crippen LogP contribution in [-0.4, -0.2) is 66.8 Å². The summed E-state index contributed by atoms with van der Waals surface area (Å²) in [5.74, 6) is 0. The van der Waals surface area contributed by atoms with Gasteiger partial charge in [-0.15, -0.1) is 0 Å². The molecule has 8 heteroatoms.